The number of carbonyl (C=O) groups is 1. The zero-order valence-electron chi connectivity index (χ0n) is 15.2. The first-order valence-electron chi connectivity index (χ1n) is 8.86. The number of nitrogens with zero attached hydrogens (tertiary/aromatic N) is 2. The van der Waals surface area contributed by atoms with Crippen LogP contribution in [0.15, 0.2) is 18.2 Å². The molecule has 0 aliphatic carbocycles. The molecule has 0 N–H and O–H groups in total. The zero-order valence-corrected chi connectivity index (χ0v) is 16.0. The van der Waals surface area contributed by atoms with Crippen molar-refractivity contribution >= 4 is 17.5 Å². The number of likely N-dealkylation sites (tertiary alicyclic amines) is 1. The van der Waals surface area contributed by atoms with E-state index in [-0.39, 0.29) is 5.91 Å². The van der Waals surface area contributed by atoms with Crippen LogP contribution >= 0.6 is 11.6 Å². The highest BCUT2D eigenvalue weighted by atomic mass is 35.5. The van der Waals surface area contributed by atoms with Crippen molar-refractivity contribution in [3.05, 3.63) is 28.8 Å². The molecule has 1 aromatic rings. The van der Waals surface area contributed by atoms with E-state index in [1.165, 1.54) is 0 Å². The van der Waals surface area contributed by atoms with E-state index >= 15 is 0 Å². The van der Waals surface area contributed by atoms with Crippen LogP contribution in [-0.2, 0) is 11.2 Å². The van der Waals surface area contributed by atoms with Crippen molar-refractivity contribution in [1.82, 2.24) is 9.80 Å². The summed E-state index contributed by atoms with van der Waals surface area (Å²) in [7, 11) is 1.93. The maximum atomic E-state index is 12.8. The van der Waals surface area contributed by atoms with Crippen molar-refractivity contribution < 1.29 is 9.53 Å². The Kier molecular flexibility index (Phi) is 6.93. The van der Waals surface area contributed by atoms with Gasteiger partial charge in [-0.05, 0) is 31.9 Å². The van der Waals surface area contributed by atoms with Gasteiger partial charge in [-0.25, -0.2) is 0 Å². The fourth-order valence-electron chi connectivity index (χ4n) is 3.55. The van der Waals surface area contributed by atoms with Gasteiger partial charge in [-0.3, -0.25) is 4.79 Å². The van der Waals surface area contributed by atoms with Crippen LogP contribution in [0.1, 0.15) is 32.8 Å². The maximum Gasteiger partial charge on any atom is 0.227 e. The molecule has 2 unspecified atom stereocenters. The Morgan fingerprint density at radius 1 is 1.42 bits per heavy atom. The van der Waals surface area contributed by atoms with Crippen LogP contribution < -0.4 is 4.74 Å². The van der Waals surface area contributed by atoms with Crippen molar-refractivity contribution in [2.45, 2.75) is 39.7 Å². The van der Waals surface area contributed by atoms with Gasteiger partial charge in [0.1, 0.15) is 5.75 Å². The van der Waals surface area contributed by atoms with Crippen LogP contribution in [0.25, 0.3) is 0 Å². The molecule has 1 amide bonds. The smallest absolute Gasteiger partial charge is 0.227 e. The first kappa shape index (κ1) is 19.1. The highest BCUT2D eigenvalue weighted by Crippen LogP contribution is 2.30. The number of halogens is 1. The van der Waals surface area contributed by atoms with Crippen LogP contribution in [-0.4, -0.2) is 55.0 Å². The lowest BCUT2D eigenvalue weighted by Crippen LogP contribution is -2.50. The van der Waals surface area contributed by atoms with E-state index in [0.717, 1.165) is 31.6 Å². The molecule has 2 rings (SSSR count). The summed E-state index contributed by atoms with van der Waals surface area (Å²) in [6, 6.07) is 5.89. The monoisotopic (exact) mass is 352 g/mol. The summed E-state index contributed by atoms with van der Waals surface area (Å²) in [5.41, 5.74) is 0.861. The molecule has 5 heteroatoms. The molecular weight excluding hydrogens is 324 g/mol. The Hall–Kier alpha value is -1.26. The molecule has 4 nitrogen and oxygen atoms in total. The van der Waals surface area contributed by atoms with Gasteiger partial charge in [-0.15, -0.1) is 0 Å². The largest absolute Gasteiger partial charge is 0.492 e. The summed E-state index contributed by atoms with van der Waals surface area (Å²) in [4.78, 5) is 17.2. The van der Waals surface area contributed by atoms with Crippen LogP contribution in [0.2, 0.25) is 5.02 Å². The second kappa shape index (κ2) is 8.72. The summed E-state index contributed by atoms with van der Waals surface area (Å²) in [6.45, 7) is 10.1. The normalized spacial score (nSPS) is 21.5. The lowest BCUT2D eigenvalue weighted by atomic mass is 9.92. The minimum Gasteiger partial charge on any atom is -0.492 e. The molecule has 0 bridgehead atoms. The number of piperidine rings is 1. The van der Waals surface area contributed by atoms with E-state index in [9.17, 15) is 4.79 Å². The second-order valence-corrected chi connectivity index (χ2v) is 6.98. The Labute approximate surface area is 150 Å². The molecule has 1 saturated heterocycles. The molecule has 1 aliphatic rings. The predicted molar refractivity (Wildman–Crippen MR) is 98.8 cm³/mol. The van der Waals surface area contributed by atoms with Gasteiger partial charge in [-0.2, -0.15) is 0 Å². The van der Waals surface area contributed by atoms with Gasteiger partial charge < -0.3 is 14.5 Å². The summed E-state index contributed by atoms with van der Waals surface area (Å²) >= 11 is 6.22. The number of carbonyl (C=O) groups excluding carboxylic acids is 1. The second-order valence-electron chi connectivity index (χ2n) is 6.57. The Balaban J connectivity index is 2.06. The average Bonchev–Trinajstić information content (AvgIpc) is 2.57. The van der Waals surface area contributed by atoms with Gasteiger partial charge in [0.05, 0.1) is 18.1 Å². The lowest BCUT2D eigenvalue weighted by Gasteiger charge is -2.41. The first-order chi connectivity index (χ1) is 11.5. The Bertz CT molecular complexity index is 564. The number of hydrogen-bond acceptors (Lipinski definition) is 3. The number of likely N-dealkylation sites (N-methyl/N-ethyl adjacent to an activating group) is 1. The van der Waals surface area contributed by atoms with E-state index in [1.54, 1.807) is 6.07 Å². The third kappa shape index (κ3) is 4.42. The standard InChI is InChI=1S/C19H29ClN2O2/c1-5-22-11-10-17(14(3)13-22)21(4)18(23)12-15-8-7-9-16(20)19(15)24-6-2/h7-9,14,17H,5-6,10-13H2,1-4H3. The van der Waals surface area contributed by atoms with E-state index < -0.39 is 0 Å². The van der Waals surface area contributed by atoms with Crippen LogP contribution in [0.4, 0.5) is 0 Å². The van der Waals surface area contributed by atoms with Gasteiger partial charge in [0.25, 0.3) is 0 Å². The molecule has 2 atom stereocenters. The number of para-hydroxylation sites is 1. The molecule has 24 heavy (non-hydrogen) atoms. The minimum atomic E-state index is 0.125. The molecule has 0 radical (unpaired) electrons. The van der Waals surface area contributed by atoms with Gasteiger partial charge in [0.15, 0.2) is 0 Å². The molecule has 1 aliphatic heterocycles. The highest BCUT2D eigenvalue weighted by Gasteiger charge is 2.30. The number of amides is 1. The Morgan fingerprint density at radius 3 is 2.79 bits per heavy atom. The minimum absolute atomic E-state index is 0.125. The van der Waals surface area contributed by atoms with Gasteiger partial charge >= 0.3 is 0 Å². The molecule has 1 fully saturated rings. The molecule has 134 valence electrons. The number of ether oxygens (including phenoxy) is 1. The summed E-state index contributed by atoms with van der Waals surface area (Å²) in [6.07, 6.45) is 1.36. The summed E-state index contributed by atoms with van der Waals surface area (Å²) < 4.78 is 5.63. The summed E-state index contributed by atoms with van der Waals surface area (Å²) in [5.74, 6) is 1.25. The SMILES string of the molecule is CCOc1c(Cl)cccc1CC(=O)N(C)C1CCN(CC)CC1C. The van der Waals surface area contributed by atoms with Crippen molar-refractivity contribution in [2.75, 3.05) is 33.3 Å². The third-order valence-corrected chi connectivity index (χ3v) is 5.26. The van der Waals surface area contributed by atoms with Crippen LogP contribution in [0, 0.1) is 5.92 Å². The first-order valence-corrected chi connectivity index (χ1v) is 9.23. The summed E-state index contributed by atoms with van der Waals surface area (Å²) in [5, 5.41) is 0.564. The van der Waals surface area contributed by atoms with Crippen LogP contribution in [0.3, 0.4) is 0 Å². The van der Waals surface area contributed by atoms with E-state index in [4.69, 9.17) is 16.3 Å². The maximum absolute atomic E-state index is 12.8. The fourth-order valence-corrected chi connectivity index (χ4v) is 3.80. The molecule has 1 aromatic carbocycles. The number of hydrogen-bond donors (Lipinski definition) is 0. The number of benzene rings is 1. The van der Waals surface area contributed by atoms with E-state index in [2.05, 4.69) is 18.7 Å². The molecule has 0 aromatic heterocycles. The topological polar surface area (TPSA) is 32.8 Å². The van der Waals surface area contributed by atoms with Gasteiger partial charge in [0, 0.05) is 31.7 Å². The lowest BCUT2D eigenvalue weighted by molar-refractivity contribution is -0.133. The van der Waals surface area contributed by atoms with Gasteiger partial charge in [0.2, 0.25) is 5.91 Å². The molecule has 0 saturated carbocycles. The van der Waals surface area contributed by atoms with E-state index in [1.807, 2.05) is 31.0 Å². The quantitative estimate of drug-likeness (QED) is 0.785. The van der Waals surface area contributed by atoms with Crippen molar-refractivity contribution in [1.29, 1.82) is 0 Å². The van der Waals surface area contributed by atoms with Gasteiger partial charge in [-0.1, -0.05) is 37.6 Å². The zero-order chi connectivity index (χ0) is 17.7. The fraction of sp³-hybridized carbons (Fsp3) is 0.632. The third-order valence-electron chi connectivity index (χ3n) is 4.96. The molecular formula is C19H29ClN2O2. The average molecular weight is 353 g/mol. The molecule has 0 spiro atoms. The van der Waals surface area contributed by atoms with E-state index in [0.29, 0.717) is 35.8 Å². The van der Waals surface area contributed by atoms with Crippen LogP contribution in [0.5, 0.6) is 5.75 Å². The highest BCUT2D eigenvalue weighted by molar-refractivity contribution is 6.32. The Morgan fingerprint density at radius 2 is 2.17 bits per heavy atom. The van der Waals surface area contributed by atoms with Crippen molar-refractivity contribution in [3.8, 4) is 5.75 Å². The van der Waals surface area contributed by atoms with Crippen molar-refractivity contribution in [2.24, 2.45) is 5.92 Å². The predicted octanol–water partition coefficient (Wildman–Crippen LogP) is 3.47. The molecule has 1 heterocycles. The van der Waals surface area contributed by atoms with Crippen molar-refractivity contribution in [3.63, 3.8) is 0 Å². The number of rotatable bonds is 6.